The molecule has 0 saturated heterocycles. The maximum absolute atomic E-state index is 12.8. The van der Waals surface area contributed by atoms with Gasteiger partial charge in [0, 0.05) is 0 Å². The summed E-state index contributed by atoms with van der Waals surface area (Å²) in [5.41, 5.74) is 0. The first-order valence-corrected chi connectivity index (χ1v) is 11.2. The van der Waals surface area contributed by atoms with Crippen LogP contribution in [0.4, 0.5) is 0 Å². The van der Waals surface area contributed by atoms with Crippen LogP contribution in [0.3, 0.4) is 0 Å². The van der Waals surface area contributed by atoms with Gasteiger partial charge < -0.3 is 0 Å². The summed E-state index contributed by atoms with van der Waals surface area (Å²) in [6, 6.07) is 0. The van der Waals surface area contributed by atoms with Crippen LogP contribution in [0.2, 0.25) is 0 Å². The lowest BCUT2D eigenvalue weighted by Gasteiger charge is -2.22. The second-order valence-corrected chi connectivity index (χ2v) is 7.91. The van der Waals surface area contributed by atoms with E-state index in [0.717, 1.165) is 51.4 Å². The van der Waals surface area contributed by atoms with Gasteiger partial charge in [-0.3, -0.25) is 9.05 Å². The Balaban J connectivity index is 4.54. The van der Waals surface area contributed by atoms with Crippen molar-refractivity contribution < 1.29 is 23.2 Å². The molecule has 2 unspecified atom stereocenters. The summed E-state index contributed by atoms with van der Waals surface area (Å²) in [6.07, 6.45) is 8.70. The maximum Gasteiger partial charge on any atom is 0.502 e. The molecule has 0 bridgehead atoms. The standard InChI is InChI=1S/C18H39O5P/c1-6-11-13-17(8-3)15-21-24(19,23-20-10-5)22-16-18(9-4)14-12-7-2/h17-18H,6-16H2,1-5H3. The van der Waals surface area contributed by atoms with Crippen LogP contribution in [0, 0.1) is 11.8 Å². The highest BCUT2D eigenvalue weighted by Gasteiger charge is 2.30. The van der Waals surface area contributed by atoms with Crippen LogP contribution in [-0.4, -0.2) is 19.8 Å². The summed E-state index contributed by atoms with van der Waals surface area (Å²) in [6.45, 7) is 11.4. The van der Waals surface area contributed by atoms with Gasteiger partial charge >= 0.3 is 7.82 Å². The highest BCUT2D eigenvalue weighted by Crippen LogP contribution is 2.50. The van der Waals surface area contributed by atoms with Crippen LogP contribution < -0.4 is 0 Å². The molecule has 2 atom stereocenters. The highest BCUT2D eigenvalue weighted by atomic mass is 31.2. The number of phosphoric ester groups is 1. The molecule has 0 rings (SSSR count). The SMILES string of the molecule is CCCCC(CC)COP(=O)(OCC(CC)CCCC)OOCC. The molecule has 5 nitrogen and oxygen atoms in total. The third-order valence-electron chi connectivity index (χ3n) is 4.29. The molecule has 0 N–H and O–H groups in total. The Kier molecular flexibility index (Phi) is 15.4. The first-order valence-electron chi connectivity index (χ1n) is 9.75. The first-order chi connectivity index (χ1) is 11.5. The van der Waals surface area contributed by atoms with Gasteiger partial charge in [0.2, 0.25) is 0 Å². The molecule has 0 fully saturated rings. The number of unbranched alkanes of at least 4 members (excludes halogenated alkanes) is 2. The van der Waals surface area contributed by atoms with Crippen LogP contribution in [0.1, 0.15) is 86.0 Å². The topological polar surface area (TPSA) is 54.0 Å². The molecular formula is C18H39O5P. The zero-order valence-corrected chi connectivity index (χ0v) is 17.3. The lowest BCUT2D eigenvalue weighted by molar-refractivity contribution is -0.223. The first kappa shape index (κ1) is 24.1. The zero-order valence-electron chi connectivity index (χ0n) is 16.4. The van der Waals surface area contributed by atoms with Gasteiger partial charge in [-0.05, 0) is 31.6 Å². The number of rotatable bonds is 17. The van der Waals surface area contributed by atoms with E-state index < -0.39 is 7.82 Å². The predicted molar refractivity (Wildman–Crippen MR) is 98.8 cm³/mol. The van der Waals surface area contributed by atoms with Crippen molar-refractivity contribution in [1.82, 2.24) is 0 Å². The molecule has 0 spiro atoms. The summed E-state index contributed by atoms with van der Waals surface area (Å²) in [5, 5.41) is 0. The molecule has 24 heavy (non-hydrogen) atoms. The van der Waals surface area contributed by atoms with Gasteiger partial charge in [-0.1, -0.05) is 66.2 Å². The Labute approximate surface area is 149 Å². The van der Waals surface area contributed by atoms with E-state index in [1.165, 1.54) is 0 Å². The van der Waals surface area contributed by atoms with Crippen molar-refractivity contribution in [1.29, 1.82) is 0 Å². The van der Waals surface area contributed by atoms with E-state index in [-0.39, 0.29) is 0 Å². The minimum Gasteiger partial charge on any atom is -0.285 e. The van der Waals surface area contributed by atoms with Crippen LogP contribution >= 0.6 is 7.82 Å². The van der Waals surface area contributed by atoms with Crippen molar-refractivity contribution in [2.24, 2.45) is 11.8 Å². The van der Waals surface area contributed by atoms with Gasteiger partial charge in [-0.15, -0.1) is 4.67 Å². The molecule has 146 valence electrons. The van der Waals surface area contributed by atoms with Crippen LogP contribution in [0.15, 0.2) is 0 Å². The molecule has 0 radical (unpaired) electrons. The molecule has 0 aromatic carbocycles. The van der Waals surface area contributed by atoms with Crippen LogP contribution in [0.25, 0.3) is 0 Å². The Bertz CT molecular complexity index is 301. The lowest BCUT2D eigenvalue weighted by Crippen LogP contribution is -2.13. The molecule has 6 heteroatoms. The molecule has 0 aliphatic rings. The highest BCUT2D eigenvalue weighted by molar-refractivity contribution is 7.48. The monoisotopic (exact) mass is 366 g/mol. The van der Waals surface area contributed by atoms with Crippen LogP contribution in [0.5, 0.6) is 0 Å². The van der Waals surface area contributed by atoms with E-state index >= 15 is 0 Å². The second-order valence-electron chi connectivity index (χ2n) is 6.35. The van der Waals surface area contributed by atoms with Gasteiger partial charge in [0.05, 0.1) is 19.8 Å². The largest absolute Gasteiger partial charge is 0.502 e. The summed E-state index contributed by atoms with van der Waals surface area (Å²) in [4.78, 5) is 4.88. The fourth-order valence-corrected chi connectivity index (χ4v) is 3.57. The van der Waals surface area contributed by atoms with Crippen molar-refractivity contribution in [3.05, 3.63) is 0 Å². The molecular weight excluding hydrogens is 327 g/mol. The molecule has 0 saturated carbocycles. The van der Waals surface area contributed by atoms with E-state index in [2.05, 4.69) is 27.7 Å². The van der Waals surface area contributed by atoms with Gasteiger partial charge in [-0.2, -0.15) is 0 Å². The molecule has 0 aliphatic heterocycles. The Morgan fingerprint density at radius 1 is 0.792 bits per heavy atom. The van der Waals surface area contributed by atoms with Crippen molar-refractivity contribution in [2.45, 2.75) is 86.0 Å². The molecule has 0 amide bonds. The summed E-state index contributed by atoms with van der Waals surface area (Å²) >= 11 is 0. The summed E-state index contributed by atoms with van der Waals surface area (Å²) in [5.74, 6) is 0.739. The fraction of sp³-hybridized carbons (Fsp3) is 1.00. The van der Waals surface area contributed by atoms with E-state index in [1.54, 1.807) is 6.92 Å². The minimum absolute atomic E-state index is 0.302. The second kappa shape index (κ2) is 15.3. The summed E-state index contributed by atoms with van der Waals surface area (Å²) in [7, 11) is -3.66. The third-order valence-corrected chi connectivity index (χ3v) is 5.50. The lowest BCUT2D eigenvalue weighted by atomic mass is 10.0. The molecule has 0 aliphatic carbocycles. The smallest absolute Gasteiger partial charge is 0.285 e. The minimum atomic E-state index is -3.66. The van der Waals surface area contributed by atoms with Crippen molar-refractivity contribution >= 4 is 7.82 Å². The predicted octanol–water partition coefficient (Wildman–Crippen LogP) is 6.53. The van der Waals surface area contributed by atoms with E-state index in [9.17, 15) is 4.57 Å². The van der Waals surface area contributed by atoms with Gasteiger partial charge in [0.1, 0.15) is 0 Å². The van der Waals surface area contributed by atoms with Crippen LogP contribution in [-0.2, 0) is 23.2 Å². The van der Waals surface area contributed by atoms with Crippen molar-refractivity contribution in [2.75, 3.05) is 19.8 Å². The van der Waals surface area contributed by atoms with Crippen molar-refractivity contribution in [3.63, 3.8) is 0 Å². The number of phosphoric acid groups is 1. The Hall–Kier alpha value is 0.0700. The van der Waals surface area contributed by atoms with Gasteiger partial charge in [-0.25, -0.2) is 9.45 Å². The van der Waals surface area contributed by atoms with Gasteiger partial charge in [0.25, 0.3) is 0 Å². The number of hydrogen-bond acceptors (Lipinski definition) is 5. The third kappa shape index (κ3) is 11.6. The van der Waals surface area contributed by atoms with E-state index in [1.807, 2.05) is 0 Å². The zero-order chi connectivity index (χ0) is 18.3. The molecule has 0 aromatic rings. The average Bonchev–Trinajstić information content (AvgIpc) is 2.60. The average molecular weight is 366 g/mol. The van der Waals surface area contributed by atoms with Gasteiger partial charge in [0.15, 0.2) is 0 Å². The summed E-state index contributed by atoms with van der Waals surface area (Å²) < 4.78 is 28.9. The fourth-order valence-electron chi connectivity index (χ4n) is 2.39. The molecule has 0 aromatic heterocycles. The quantitative estimate of drug-likeness (QED) is 0.166. The van der Waals surface area contributed by atoms with E-state index in [0.29, 0.717) is 31.7 Å². The van der Waals surface area contributed by atoms with E-state index in [4.69, 9.17) is 18.6 Å². The number of hydrogen-bond donors (Lipinski definition) is 0. The molecule has 0 heterocycles. The maximum atomic E-state index is 12.8. The normalized spacial score (nSPS) is 16.7. The van der Waals surface area contributed by atoms with Crippen molar-refractivity contribution in [3.8, 4) is 0 Å². The Morgan fingerprint density at radius 2 is 1.25 bits per heavy atom. The Morgan fingerprint density at radius 3 is 1.58 bits per heavy atom.